The Hall–Kier alpha value is -1.80. The van der Waals surface area contributed by atoms with Crippen LogP contribution in [0.15, 0.2) is 48.5 Å². The molecule has 2 aromatic rings. The standard InChI is InChI=1S/C16H17NO/c17-16(12-6-7-12)14-10-13(8-9-15(14)18)11-4-2-1-3-5-11/h1-5,8-10,12,16,18H,6-7,17H2. The zero-order valence-electron chi connectivity index (χ0n) is 10.2. The van der Waals surface area contributed by atoms with Crippen LogP contribution in [-0.4, -0.2) is 5.11 Å². The smallest absolute Gasteiger partial charge is 0.120 e. The van der Waals surface area contributed by atoms with E-state index in [1.54, 1.807) is 6.07 Å². The van der Waals surface area contributed by atoms with E-state index in [9.17, 15) is 5.11 Å². The molecule has 1 atom stereocenters. The maximum Gasteiger partial charge on any atom is 0.120 e. The number of hydrogen-bond donors (Lipinski definition) is 2. The topological polar surface area (TPSA) is 46.2 Å². The molecular formula is C16H17NO. The van der Waals surface area contributed by atoms with Gasteiger partial charge in [0, 0.05) is 11.6 Å². The molecule has 2 nitrogen and oxygen atoms in total. The molecule has 0 heterocycles. The van der Waals surface area contributed by atoms with E-state index in [-0.39, 0.29) is 6.04 Å². The highest BCUT2D eigenvalue weighted by atomic mass is 16.3. The lowest BCUT2D eigenvalue weighted by Crippen LogP contribution is -2.12. The summed E-state index contributed by atoms with van der Waals surface area (Å²) in [5.41, 5.74) is 9.33. The molecule has 3 N–H and O–H groups in total. The van der Waals surface area contributed by atoms with Crippen LogP contribution in [0.5, 0.6) is 5.75 Å². The summed E-state index contributed by atoms with van der Waals surface area (Å²) in [6.45, 7) is 0. The monoisotopic (exact) mass is 239 g/mol. The van der Waals surface area contributed by atoms with Crippen molar-refractivity contribution in [2.45, 2.75) is 18.9 Å². The van der Waals surface area contributed by atoms with Crippen LogP contribution in [0.4, 0.5) is 0 Å². The van der Waals surface area contributed by atoms with Gasteiger partial charge in [0.1, 0.15) is 5.75 Å². The fourth-order valence-electron chi connectivity index (χ4n) is 2.34. The summed E-state index contributed by atoms with van der Waals surface area (Å²) in [5, 5.41) is 9.95. The van der Waals surface area contributed by atoms with E-state index in [1.807, 2.05) is 30.3 Å². The number of nitrogens with two attached hydrogens (primary N) is 1. The van der Waals surface area contributed by atoms with Gasteiger partial charge in [0.15, 0.2) is 0 Å². The maximum atomic E-state index is 9.95. The predicted octanol–water partition coefficient (Wildman–Crippen LogP) is 3.47. The average Bonchev–Trinajstić information content (AvgIpc) is 3.24. The molecule has 1 aliphatic rings. The third kappa shape index (κ3) is 2.12. The van der Waals surface area contributed by atoms with Gasteiger partial charge in [0.05, 0.1) is 0 Å². The van der Waals surface area contributed by atoms with Crippen LogP contribution in [-0.2, 0) is 0 Å². The zero-order chi connectivity index (χ0) is 12.5. The molecular weight excluding hydrogens is 222 g/mol. The Kier molecular flexibility index (Phi) is 2.80. The minimum Gasteiger partial charge on any atom is -0.508 e. The molecule has 0 spiro atoms. The van der Waals surface area contributed by atoms with Crippen molar-refractivity contribution in [3.63, 3.8) is 0 Å². The number of hydrogen-bond acceptors (Lipinski definition) is 2. The lowest BCUT2D eigenvalue weighted by molar-refractivity contribution is 0.456. The van der Waals surface area contributed by atoms with Crippen molar-refractivity contribution in [1.29, 1.82) is 0 Å². The number of phenolic OH excluding ortho intramolecular Hbond substituents is 1. The van der Waals surface area contributed by atoms with E-state index in [0.717, 1.165) is 16.7 Å². The van der Waals surface area contributed by atoms with Gasteiger partial charge in [0.2, 0.25) is 0 Å². The molecule has 0 radical (unpaired) electrons. The second-order valence-corrected chi connectivity index (χ2v) is 5.00. The molecule has 92 valence electrons. The molecule has 1 fully saturated rings. The van der Waals surface area contributed by atoms with Gasteiger partial charge < -0.3 is 10.8 Å². The number of benzene rings is 2. The van der Waals surface area contributed by atoms with Gasteiger partial charge in [-0.2, -0.15) is 0 Å². The van der Waals surface area contributed by atoms with E-state index >= 15 is 0 Å². The van der Waals surface area contributed by atoms with Crippen molar-refractivity contribution >= 4 is 0 Å². The zero-order valence-corrected chi connectivity index (χ0v) is 10.2. The molecule has 18 heavy (non-hydrogen) atoms. The first-order valence-electron chi connectivity index (χ1n) is 6.39. The fourth-order valence-corrected chi connectivity index (χ4v) is 2.34. The summed E-state index contributed by atoms with van der Waals surface area (Å²) in [5.74, 6) is 0.857. The molecule has 2 heteroatoms. The minimum absolute atomic E-state index is 0.0336. The van der Waals surface area contributed by atoms with E-state index in [2.05, 4.69) is 12.1 Å². The molecule has 1 unspecified atom stereocenters. The first kappa shape index (κ1) is 11.3. The van der Waals surface area contributed by atoms with Crippen molar-refractivity contribution in [2.75, 3.05) is 0 Å². The Morgan fingerprint density at radius 1 is 1.00 bits per heavy atom. The van der Waals surface area contributed by atoms with Crippen molar-refractivity contribution in [2.24, 2.45) is 11.7 Å². The maximum absolute atomic E-state index is 9.95. The quantitative estimate of drug-likeness (QED) is 0.861. The highest BCUT2D eigenvalue weighted by Gasteiger charge is 2.31. The summed E-state index contributed by atoms with van der Waals surface area (Å²) < 4.78 is 0. The normalized spacial score (nSPS) is 16.5. The Labute approximate surface area is 107 Å². The molecule has 0 aliphatic heterocycles. The van der Waals surface area contributed by atoms with Crippen LogP contribution in [0.25, 0.3) is 11.1 Å². The highest BCUT2D eigenvalue weighted by Crippen LogP contribution is 2.42. The molecule has 1 saturated carbocycles. The summed E-state index contributed by atoms with van der Waals surface area (Å²) >= 11 is 0. The van der Waals surface area contributed by atoms with Crippen LogP contribution >= 0.6 is 0 Å². The predicted molar refractivity (Wildman–Crippen MR) is 73.2 cm³/mol. The van der Waals surface area contributed by atoms with Gasteiger partial charge in [0.25, 0.3) is 0 Å². The second kappa shape index (κ2) is 4.46. The first-order valence-corrected chi connectivity index (χ1v) is 6.39. The lowest BCUT2D eigenvalue weighted by atomic mass is 9.97. The molecule has 1 aliphatic carbocycles. The second-order valence-electron chi connectivity index (χ2n) is 5.00. The summed E-state index contributed by atoms with van der Waals surface area (Å²) in [6.07, 6.45) is 2.35. The van der Waals surface area contributed by atoms with Crippen molar-refractivity contribution in [1.82, 2.24) is 0 Å². The van der Waals surface area contributed by atoms with Crippen molar-refractivity contribution < 1.29 is 5.11 Å². The summed E-state index contributed by atoms with van der Waals surface area (Å²) in [6, 6.07) is 15.8. The van der Waals surface area contributed by atoms with Gasteiger partial charge in [-0.1, -0.05) is 36.4 Å². The third-order valence-electron chi connectivity index (χ3n) is 3.62. The highest BCUT2D eigenvalue weighted by molar-refractivity contribution is 5.65. The van der Waals surface area contributed by atoms with E-state index in [0.29, 0.717) is 11.7 Å². The van der Waals surface area contributed by atoms with Gasteiger partial charge in [-0.3, -0.25) is 0 Å². The largest absolute Gasteiger partial charge is 0.508 e. The summed E-state index contributed by atoms with van der Waals surface area (Å²) in [4.78, 5) is 0. The molecule has 0 saturated heterocycles. The third-order valence-corrected chi connectivity index (χ3v) is 3.62. The minimum atomic E-state index is -0.0336. The van der Waals surface area contributed by atoms with Crippen LogP contribution in [0.3, 0.4) is 0 Å². The van der Waals surface area contributed by atoms with Gasteiger partial charge in [-0.05, 0) is 42.0 Å². The number of rotatable bonds is 3. The van der Waals surface area contributed by atoms with Crippen LogP contribution in [0.1, 0.15) is 24.4 Å². The number of aromatic hydroxyl groups is 1. The van der Waals surface area contributed by atoms with Gasteiger partial charge >= 0.3 is 0 Å². The van der Waals surface area contributed by atoms with E-state index < -0.39 is 0 Å². The van der Waals surface area contributed by atoms with Crippen LogP contribution < -0.4 is 5.73 Å². The van der Waals surface area contributed by atoms with Gasteiger partial charge in [-0.25, -0.2) is 0 Å². The Morgan fingerprint density at radius 3 is 2.39 bits per heavy atom. The Balaban J connectivity index is 2.00. The summed E-state index contributed by atoms with van der Waals surface area (Å²) in [7, 11) is 0. The van der Waals surface area contributed by atoms with E-state index in [4.69, 9.17) is 5.73 Å². The first-order chi connectivity index (χ1) is 8.75. The van der Waals surface area contributed by atoms with Crippen LogP contribution in [0.2, 0.25) is 0 Å². The average molecular weight is 239 g/mol. The van der Waals surface area contributed by atoms with Crippen molar-refractivity contribution in [3.05, 3.63) is 54.1 Å². The van der Waals surface area contributed by atoms with Gasteiger partial charge in [-0.15, -0.1) is 0 Å². The van der Waals surface area contributed by atoms with E-state index in [1.165, 1.54) is 12.8 Å². The molecule has 0 bridgehead atoms. The molecule has 2 aromatic carbocycles. The fraction of sp³-hybridized carbons (Fsp3) is 0.250. The lowest BCUT2D eigenvalue weighted by Gasteiger charge is -2.14. The molecule has 3 rings (SSSR count). The number of phenols is 1. The Bertz CT molecular complexity index is 546. The Morgan fingerprint density at radius 2 is 1.72 bits per heavy atom. The van der Waals surface area contributed by atoms with Crippen molar-refractivity contribution in [3.8, 4) is 16.9 Å². The molecule has 0 aromatic heterocycles. The SMILES string of the molecule is NC(c1cc(-c2ccccc2)ccc1O)C1CC1. The van der Waals surface area contributed by atoms with Crippen LogP contribution in [0, 0.1) is 5.92 Å². The molecule has 0 amide bonds.